The fourth-order valence-electron chi connectivity index (χ4n) is 3.00. The Morgan fingerprint density at radius 2 is 1.81 bits per heavy atom. The lowest BCUT2D eigenvalue weighted by atomic mass is 10.2. The first-order valence-electron chi connectivity index (χ1n) is 9.77. The lowest BCUT2D eigenvalue weighted by Crippen LogP contribution is -2.31. The van der Waals surface area contributed by atoms with Gasteiger partial charge in [-0.15, -0.1) is 0 Å². The molecule has 0 aliphatic carbocycles. The zero-order valence-corrected chi connectivity index (χ0v) is 17.6. The van der Waals surface area contributed by atoms with Crippen molar-refractivity contribution in [3.63, 3.8) is 0 Å². The molecule has 2 N–H and O–H groups in total. The number of carbonyl (C=O) groups is 2. The van der Waals surface area contributed by atoms with Gasteiger partial charge in [0, 0.05) is 29.1 Å². The Balaban J connectivity index is 1.55. The molecular formula is C24H19ClN4O3. The van der Waals surface area contributed by atoms with Crippen molar-refractivity contribution in [3.8, 4) is 0 Å². The first kappa shape index (κ1) is 21.1. The van der Waals surface area contributed by atoms with Gasteiger partial charge in [-0.3, -0.25) is 14.9 Å². The van der Waals surface area contributed by atoms with E-state index >= 15 is 0 Å². The topological polar surface area (TPSA) is 89.2 Å². The van der Waals surface area contributed by atoms with E-state index in [9.17, 15) is 9.59 Å². The van der Waals surface area contributed by atoms with Gasteiger partial charge in [-0.1, -0.05) is 48.0 Å². The number of amides is 2. The van der Waals surface area contributed by atoms with Gasteiger partial charge in [-0.25, -0.2) is 4.98 Å². The van der Waals surface area contributed by atoms with Crippen LogP contribution in [0.15, 0.2) is 95.5 Å². The zero-order valence-electron chi connectivity index (χ0n) is 16.9. The Morgan fingerprint density at radius 3 is 2.56 bits per heavy atom. The van der Waals surface area contributed by atoms with Crippen molar-refractivity contribution >= 4 is 35.4 Å². The molecule has 0 saturated carbocycles. The van der Waals surface area contributed by atoms with E-state index in [0.717, 1.165) is 5.56 Å². The van der Waals surface area contributed by atoms with Gasteiger partial charge in [0.2, 0.25) is 5.95 Å². The molecular weight excluding hydrogens is 428 g/mol. The predicted octanol–water partition coefficient (Wildman–Crippen LogP) is 4.59. The van der Waals surface area contributed by atoms with Crippen molar-refractivity contribution in [1.82, 2.24) is 14.9 Å². The number of aromatic nitrogens is 2. The summed E-state index contributed by atoms with van der Waals surface area (Å²) in [5.41, 5.74) is 1.32. The lowest BCUT2D eigenvalue weighted by Gasteiger charge is -2.13. The van der Waals surface area contributed by atoms with E-state index in [1.54, 1.807) is 59.4 Å². The van der Waals surface area contributed by atoms with Crippen LogP contribution in [0.4, 0.5) is 5.95 Å². The van der Waals surface area contributed by atoms with Crippen LogP contribution < -0.4 is 10.6 Å². The zero-order chi connectivity index (χ0) is 22.3. The van der Waals surface area contributed by atoms with Crippen LogP contribution in [0.5, 0.6) is 0 Å². The fraction of sp³-hybridized carbons (Fsp3) is 0.0417. The second kappa shape index (κ2) is 9.80. The molecule has 160 valence electrons. The fourth-order valence-corrected chi connectivity index (χ4v) is 3.19. The quantitative estimate of drug-likeness (QED) is 0.406. The average Bonchev–Trinajstić information content (AvgIpc) is 3.48. The molecule has 4 rings (SSSR count). The van der Waals surface area contributed by atoms with Gasteiger partial charge in [0.15, 0.2) is 0 Å². The monoisotopic (exact) mass is 446 g/mol. The summed E-state index contributed by atoms with van der Waals surface area (Å²) in [5.74, 6) is -0.229. The highest BCUT2D eigenvalue weighted by atomic mass is 35.5. The van der Waals surface area contributed by atoms with Gasteiger partial charge >= 0.3 is 0 Å². The van der Waals surface area contributed by atoms with Crippen molar-refractivity contribution < 1.29 is 14.0 Å². The van der Waals surface area contributed by atoms with E-state index in [1.165, 1.54) is 12.3 Å². The Morgan fingerprint density at radius 1 is 1.03 bits per heavy atom. The average molecular weight is 447 g/mol. The van der Waals surface area contributed by atoms with E-state index in [2.05, 4.69) is 15.6 Å². The summed E-state index contributed by atoms with van der Waals surface area (Å²) < 4.78 is 7.06. The van der Waals surface area contributed by atoms with Gasteiger partial charge in [0.1, 0.15) is 11.5 Å². The number of imidazole rings is 1. The molecule has 2 heterocycles. The first-order chi connectivity index (χ1) is 15.6. The molecule has 0 radical (unpaired) electrons. The Hall–Kier alpha value is -4.10. The van der Waals surface area contributed by atoms with Crippen LogP contribution >= 0.6 is 11.6 Å². The van der Waals surface area contributed by atoms with Crippen molar-refractivity contribution in [2.75, 3.05) is 5.32 Å². The molecule has 0 bridgehead atoms. The molecule has 0 spiro atoms. The third kappa shape index (κ3) is 5.14. The molecule has 0 unspecified atom stereocenters. The standard InChI is InChI=1S/C24H19ClN4O3/c25-20-11-5-4-9-18(20)16-29-13-12-26-24(29)28-23(31)21(15-19-10-6-14-32-19)27-22(30)17-7-2-1-3-8-17/h1-15H,16H2,(H,27,30)(H,26,28,31)/b21-15-. The third-order valence-electron chi connectivity index (χ3n) is 4.60. The maximum Gasteiger partial charge on any atom is 0.274 e. The number of benzene rings is 2. The van der Waals surface area contributed by atoms with Crippen LogP contribution in [0.3, 0.4) is 0 Å². The molecule has 7 nitrogen and oxygen atoms in total. The summed E-state index contributed by atoms with van der Waals surface area (Å²) >= 11 is 6.26. The van der Waals surface area contributed by atoms with Gasteiger partial charge in [0.25, 0.3) is 11.8 Å². The number of nitrogens with zero attached hydrogens (tertiary/aromatic N) is 2. The summed E-state index contributed by atoms with van der Waals surface area (Å²) in [6.45, 7) is 0.420. The second-order valence-electron chi connectivity index (χ2n) is 6.82. The molecule has 32 heavy (non-hydrogen) atoms. The van der Waals surface area contributed by atoms with Crippen LogP contribution in [-0.2, 0) is 11.3 Å². The first-order valence-corrected chi connectivity index (χ1v) is 10.2. The largest absolute Gasteiger partial charge is 0.465 e. The van der Waals surface area contributed by atoms with Crippen molar-refractivity contribution in [2.45, 2.75) is 6.54 Å². The molecule has 2 aromatic carbocycles. The molecule has 0 aliphatic rings. The van der Waals surface area contributed by atoms with Gasteiger partial charge in [-0.2, -0.15) is 0 Å². The minimum Gasteiger partial charge on any atom is -0.465 e. The van der Waals surface area contributed by atoms with Crippen LogP contribution in [0.2, 0.25) is 5.02 Å². The van der Waals surface area contributed by atoms with Gasteiger partial charge in [0.05, 0.1) is 12.8 Å². The number of hydrogen-bond acceptors (Lipinski definition) is 4. The number of carbonyl (C=O) groups excluding carboxylic acids is 2. The summed E-state index contributed by atoms with van der Waals surface area (Å²) in [6.07, 6.45) is 6.25. The third-order valence-corrected chi connectivity index (χ3v) is 4.97. The molecule has 0 aliphatic heterocycles. The minimum atomic E-state index is -0.544. The minimum absolute atomic E-state index is 0.0149. The van der Waals surface area contributed by atoms with Crippen molar-refractivity contribution in [2.24, 2.45) is 0 Å². The number of halogens is 1. The molecule has 4 aromatic rings. The summed E-state index contributed by atoms with van der Waals surface area (Å²) in [4.78, 5) is 29.9. The molecule has 0 fully saturated rings. The number of furan rings is 1. The van der Waals surface area contributed by atoms with Crippen LogP contribution in [0.25, 0.3) is 6.08 Å². The molecule has 2 amide bonds. The Kier molecular flexibility index (Phi) is 6.48. The predicted molar refractivity (Wildman–Crippen MR) is 122 cm³/mol. The number of rotatable bonds is 7. The van der Waals surface area contributed by atoms with Crippen molar-refractivity contribution in [3.05, 3.63) is 113 Å². The summed E-state index contributed by atoms with van der Waals surface area (Å²) in [5, 5.41) is 6.02. The number of hydrogen-bond donors (Lipinski definition) is 2. The molecule has 2 aromatic heterocycles. The lowest BCUT2D eigenvalue weighted by molar-refractivity contribution is -0.113. The second-order valence-corrected chi connectivity index (χ2v) is 7.23. The molecule has 0 saturated heterocycles. The van der Waals surface area contributed by atoms with E-state index in [-0.39, 0.29) is 5.70 Å². The maximum atomic E-state index is 13.1. The number of anilines is 1. The Labute approximate surface area is 189 Å². The van der Waals surface area contributed by atoms with E-state index < -0.39 is 11.8 Å². The van der Waals surface area contributed by atoms with Gasteiger partial charge < -0.3 is 14.3 Å². The molecule has 0 atom stereocenters. The highest BCUT2D eigenvalue weighted by molar-refractivity contribution is 6.31. The molecule has 8 heteroatoms. The van der Waals surface area contributed by atoms with Gasteiger partial charge in [-0.05, 0) is 35.9 Å². The maximum absolute atomic E-state index is 13.1. The highest BCUT2D eigenvalue weighted by Crippen LogP contribution is 2.18. The Bertz CT molecular complexity index is 1250. The van der Waals surface area contributed by atoms with E-state index in [4.69, 9.17) is 16.0 Å². The van der Waals surface area contributed by atoms with Crippen LogP contribution in [0.1, 0.15) is 21.7 Å². The van der Waals surface area contributed by atoms with Crippen LogP contribution in [0, 0.1) is 0 Å². The normalized spacial score (nSPS) is 11.2. The van der Waals surface area contributed by atoms with Crippen molar-refractivity contribution in [1.29, 1.82) is 0 Å². The van der Waals surface area contributed by atoms with E-state index in [1.807, 2.05) is 24.3 Å². The number of nitrogens with one attached hydrogen (secondary N) is 2. The van der Waals surface area contributed by atoms with E-state index in [0.29, 0.717) is 28.8 Å². The SMILES string of the molecule is O=C(Nc1nccn1Cc1ccccc1Cl)/C(=C/c1ccco1)NC(=O)c1ccccc1. The smallest absolute Gasteiger partial charge is 0.274 e. The van der Waals surface area contributed by atoms with Crippen LogP contribution in [-0.4, -0.2) is 21.4 Å². The highest BCUT2D eigenvalue weighted by Gasteiger charge is 2.17. The summed E-state index contributed by atoms with van der Waals surface area (Å²) in [7, 11) is 0. The summed E-state index contributed by atoms with van der Waals surface area (Å²) in [6, 6.07) is 19.4.